The zero-order valence-electron chi connectivity index (χ0n) is 25.9. The number of aromatic nitrogens is 1. The molecule has 5 aromatic rings. The fraction of sp³-hybridized carbons (Fsp3) is 0.171. The second-order valence-electron chi connectivity index (χ2n) is 10.3. The van der Waals surface area contributed by atoms with Crippen LogP contribution in [0.1, 0.15) is 40.2 Å². The average molecular weight is 751 g/mol. The fourth-order valence-electron chi connectivity index (χ4n) is 4.65. The number of halogens is 2. The molecule has 0 unspecified atom stereocenters. The second-order valence-corrected chi connectivity index (χ2v) is 11.5. The predicted molar refractivity (Wildman–Crippen MR) is 184 cm³/mol. The highest BCUT2D eigenvalue weighted by Gasteiger charge is 2.15. The van der Waals surface area contributed by atoms with Gasteiger partial charge in [0.25, 0.3) is 5.91 Å². The molecular weight excluding hydrogens is 718 g/mol. The van der Waals surface area contributed by atoms with Crippen LogP contribution in [0.5, 0.6) is 17.2 Å². The molecule has 0 fully saturated rings. The third-order valence-corrected chi connectivity index (χ3v) is 7.62. The molecule has 0 saturated heterocycles. The molecule has 3 aromatic carbocycles. The lowest BCUT2D eigenvalue weighted by atomic mass is 10.2. The molecule has 2 N–H and O–H groups in total. The maximum Gasteiger partial charge on any atom is 0.307 e. The molecule has 0 atom stereocenters. The number of hydrazone groups is 1. The number of hydrogen-bond acceptors (Lipinski definition) is 7. The molecule has 0 aliphatic heterocycles. The first-order valence-electron chi connectivity index (χ1n) is 14.6. The summed E-state index contributed by atoms with van der Waals surface area (Å²) in [5, 5.41) is 6.70. The van der Waals surface area contributed by atoms with Crippen LogP contribution >= 0.6 is 22.6 Å². The number of anilines is 1. The summed E-state index contributed by atoms with van der Waals surface area (Å²) in [5.74, 6) is 0.696. The summed E-state index contributed by atoms with van der Waals surface area (Å²) in [5.41, 5.74) is 6.89. The van der Waals surface area contributed by atoms with Gasteiger partial charge in [0.15, 0.2) is 23.9 Å². The summed E-state index contributed by atoms with van der Waals surface area (Å²) < 4.78 is 38.9. The number of carbonyl (C=O) groups is 2. The van der Waals surface area contributed by atoms with Crippen molar-refractivity contribution in [1.29, 1.82) is 0 Å². The first-order chi connectivity index (χ1) is 22.7. The Labute approximate surface area is 284 Å². The SMILES string of the molecule is CCOc1cc(/C=N/NC(=O)c2ccc(COc3ccc(-n4c(C)ccc4C)cc3)o2)cc(I)c1OCC(=O)Nc1ccc(F)cc1. The Kier molecular flexibility index (Phi) is 10.9. The molecule has 242 valence electrons. The van der Waals surface area contributed by atoms with Crippen molar-refractivity contribution in [2.24, 2.45) is 5.10 Å². The van der Waals surface area contributed by atoms with E-state index in [1.54, 1.807) is 24.3 Å². The highest BCUT2D eigenvalue weighted by atomic mass is 127. The molecule has 0 aliphatic rings. The van der Waals surface area contributed by atoms with Crippen LogP contribution in [0.2, 0.25) is 0 Å². The summed E-state index contributed by atoms with van der Waals surface area (Å²) in [6.07, 6.45) is 1.46. The van der Waals surface area contributed by atoms with Gasteiger partial charge in [-0.1, -0.05) is 0 Å². The maximum atomic E-state index is 13.1. The van der Waals surface area contributed by atoms with Crippen LogP contribution in [-0.4, -0.2) is 35.8 Å². The van der Waals surface area contributed by atoms with E-state index in [0.29, 0.717) is 44.4 Å². The minimum absolute atomic E-state index is 0.0851. The van der Waals surface area contributed by atoms with Crippen molar-refractivity contribution < 1.29 is 32.6 Å². The van der Waals surface area contributed by atoms with Crippen LogP contribution in [0.3, 0.4) is 0 Å². The second kappa shape index (κ2) is 15.5. The third kappa shape index (κ3) is 8.79. The van der Waals surface area contributed by atoms with E-state index in [4.69, 9.17) is 18.6 Å². The summed E-state index contributed by atoms with van der Waals surface area (Å²) in [6, 6.07) is 24.0. The number of hydrogen-bond donors (Lipinski definition) is 2. The quantitative estimate of drug-likeness (QED) is 0.0748. The van der Waals surface area contributed by atoms with Crippen LogP contribution in [0, 0.1) is 23.2 Å². The summed E-state index contributed by atoms with van der Waals surface area (Å²) in [4.78, 5) is 25.0. The molecule has 0 spiro atoms. The number of amides is 2. The van der Waals surface area contributed by atoms with Crippen LogP contribution in [0.25, 0.3) is 5.69 Å². The van der Waals surface area contributed by atoms with Gasteiger partial charge in [0, 0.05) is 22.8 Å². The number of rotatable bonds is 13. The molecule has 2 heterocycles. The van der Waals surface area contributed by atoms with E-state index in [1.807, 2.05) is 31.2 Å². The van der Waals surface area contributed by atoms with Crippen molar-refractivity contribution in [2.45, 2.75) is 27.4 Å². The molecule has 12 heteroatoms. The van der Waals surface area contributed by atoms with Crippen molar-refractivity contribution in [3.05, 3.63) is 123 Å². The fourth-order valence-corrected chi connectivity index (χ4v) is 5.43. The van der Waals surface area contributed by atoms with Crippen LogP contribution in [-0.2, 0) is 11.4 Å². The number of furan rings is 1. The van der Waals surface area contributed by atoms with Crippen LogP contribution < -0.4 is 25.0 Å². The zero-order chi connectivity index (χ0) is 33.3. The van der Waals surface area contributed by atoms with Gasteiger partial charge in [0.2, 0.25) is 0 Å². The van der Waals surface area contributed by atoms with Crippen molar-refractivity contribution in [2.75, 3.05) is 18.5 Å². The Morgan fingerprint density at radius 1 is 0.936 bits per heavy atom. The lowest BCUT2D eigenvalue weighted by Crippen LogP contribution is -2.20. The van der Waals surface area contributed by atoms with E-state index in [-0.39, 0.29) is 19.0 Å². The van der Waals surface area contributed by atoms with E-state index in [1.165, 1.54) is 30.5 Å². The highest BCUT2D eigenvalue weighted by molar-refractivity contribution is 14.1. The molecule has 2 amide bonds. The van der Waals surface area contributed by atoms with Gasteiger partial charge in [-0.3, -0.25) is 9.59 Å². The van der Waals surface area contributed by atoms with Gasteiger partial charge >= 0.3 is 5.91 Å². The number of ether oxygens (including phenoxy) is 3. The molecular formula is C35H32FIN4O6. The smallest absolute Gasteiger partial charge is 0.307 e. The standard InChI is InChI=1S/C35H32FIN4O6/c1-4-44-32-18-24(17-30(37)34(32)46-21-33(42)39-26-9-7-25(36)8-10-26)19-38-40-35(43)31-16-15-29(47-31)20-45-28-13-11-27(12-14-28)41-22(2)5-6-23(41)3/h5-19H,4,20-21H2,1-3H3,(H,39,42)(H,40,43)/b38-19+. The van der Waals surface area contributed by atoms with Crippen LogP contribution in [0.15, 0.2) is 94.4 Å². The van der Waals surface area contributed by atoms with Gasteiger partial charge in [-0.25, -0.2) is 9.82 Å². The van der Waals surface area contributed by atoms with Gasteiger partial charge in [-0.2, -0.15) is 5.10 Å². The maximum absolute atomic E-state index is 13.1. The van der Waals surface area contributed by atoms with Gasteiger partial charge < -0.3 is 28.5 Å². The van der Waals surface area contributed by atoms with E-state index in [2.05, 4.69) is 69.0 Å². The predicted octanol–water partition coefficient (Wildman–Crippen LogP) is 7.19. The number of nitrogens with one attached hydrogen (secondary N) is 2. The zero-order valence-corrected chi connectivity index (χ0v) is 28.0. The van der Waals surface area contributed by atoms with Crippen LogP contribution in [0.4, 0.5) is 10.1 Å². The minimum Gasteiger partial charge on any atom is -0.490 e. The van der Waals surface area contributed by atoms with Gasteiger partial charge in [0.05, 0.1) is 16.4 Å². The van der Waals surface area contributed by atoms with Crippen molar-refractivity contribution in [1.82, 2.24) is 9.99 Å². The Bertz CT molecular complexity index is 1860. The minimum atomic E-state index is -0.527. The monoisotopic (exact) mass is 750 g/mol. The van der Waals surface area contributed by atoms with E-state index in [0.717, 1.165) is 17.1 Å². The Morgan fingerprint density at radius 3 is 2.36 bits per heavy atom. The highest BCUT2D eigenvalue weighted by Crippen LogP contribution is 2.34. The average Bonchev–Trinajstić information content (AvgIpc) is 3.67. The Morgan fingerprint density at radius 2 is 1.66 bits per heavy atom. The summed E-state index contributed by atoms with van der Waals surface area (Å²) >= 11 is 2.07. The van der Waals surface area contributed by atoms with Gasteiger partial charge in [-0.05, 0) is 134 Å². The van der Waals surface area contributed by atoms with Gasteiger partial charge in [-0.15, -0.1) is 0 Å². The molecule has 0 bridgehead atoms. The first-order valence-corrected chi connectivity index (χ1v) is 15.7. The lowest BCUT2D eigenvalue weighted by molar-refractivity contribution is -0.118. The molecule has 0 saturated carbocycles. The van der Waals surface area contributed by atoms with Crippen molar-refractivity contribution in [3.63, 3.8) is 0 Å². The number of nitrogens with zero attached hydrogens (tertiary/aromatic N) is 2. The van der Waals surface area contributed by atoms with Crippen molar-refractivity contribution in [3.8, 4) is 22.9 Å². The molecule has 5 rings (SSSR count). The van der Waals surface area contributed by atoms with E-state index in [9.17, 15) is 14.0 Å². The molecule has 10 nitrogen and oxygen atoms in total. The molecule has 0 radical (unpaired) electrons. The Hall–Kier alpha value is -5.11. The number of aryl methyl sites for hydroxylation is 2. The molecule has 47 heavy (non-hydrogen) atoms. The number of carbonyl (C=O) groups excluding carboxylic acids is 2. The summed E-state index contributed by atoms with van der Waals surface area (Å²) in [6.45, 7) is 6.17. The van der Waals surface area contributed by atoms with E-state index < -0.39 is 17.6 Å². The third-order valence-electron chi connectivity index (χ3n) is 6.82. The normalized spacial score (nSPS) is 11.0. The number of benzene rings is 3. The lowest BCUT2D eigenvalue weighted by Gasteiger charge is -2.14. The topological polar surface area (TPSA) is 116 Å². The van der Waals surface area contributed by atoms with E-state index >= 15 is 0 Å². The summed E-state index contributed by atoms with van der Waals surface area (Å²) in [7, 11) is 0. The molecule has 2 aromatic heterocycles. The Balaban J connectivity index is 1.13. The molecule has 0 aliphatic carbocycles. The van der Waals surface area contributed by atoms with Gasteiger partial charge in [0.1, 0.15) is 23.9 Å². The largest absolute Gasteiger partial charge is 0.490 e. The van der Waals surface area contributed by atoms with Crippen molar-refractivity contribution >= 4 is 46.3 Å². The first kappa shape index (κ1) is 33.3.